The molecule has 0 unspecified atom stereocenters. The first-order chi connectivity index (χ1) is 13.1. The van der Waals surface area contributed by atoms with Gasteiger partial charge in [0.2, 0.25) is 0 Å². The second-order valence-electron chi connectivity index (χ2n) is 6.24. The molecular formula is C20H22O7. The SMILES string of the molecule is O=C(O[C@@H]1[C@@H](OCc2ccccc2)[C@H](O)[C@@H](CO)O[C@H]1O)c1ccccc1. The molecule has 1 fully saturated rings. The van der Waals surface area contributed by atoms with Crippen LogP contribution in [0, 0.1) is 0 Å². The first-order valence-electron chi connectivity index (χ1n) is 8.64. The van der Waals surface area contributed by atoms with Crippen LogP contribution in [-0.4, -0.2) is 58.6 Å². The van der Waals surface area contributed by atoms with Crippen molar-refractivity contribution >= 4 is 5.97 Å². The van der Waals surface area contributed by atoms with E-state index < -0.39 is 43.3 Å². The molecule has 0 amide bonds. The highest BCUT2D eigenvalue weighted by molar-refractivity contribution is 5.89. The second kappa shape index (κ2) is 9.07. The van der Waals surface area contributed by atoms with Crippen molar-refractivity contribution in [3.63, 3.8) is 0 Å². The molecule has 0 radical (unpaired) electrons. The molecule has 0 saturated carbocycles. The van der Waals surface area contributed by atoms with Crippen LogP contribution in [0.4, 0.5) is 0 Å². The van der Waals surface area contributed by atoms with Gasteiger partial charge in [0.05, 0.1) is 18.8 Å². The van der Waals surface area contributed by atoms with Crippen LogP contribution in [0.1, 0.15) is 15.9 Å². The number of esters is 1. The molecule has 1 heterocycles. The number of benzene rings is 2. The Morgan fingerprint density at radius 2 is 1.59 bits per heavy atom. The molecule has 0 bridgehead atoms. The maximum absolute atomic E-state index is 12.4. The smallest absolute Gasteiger partial charge is 0.338 e. The van der Waals surface area contributed by atoms with Gasteiger partial charge in [-0.2, -0.15) is 0 Å². The molecule has 2 aromatic carbocycles. The van der Waals surface area contributed by atoms with E-state index in [1.807, 2.05) is 30.3 Å². The van der Waals surface area contributed by atoms with Crippen LogP contribution >= 0.6 is 0 Å². The number of hydrogen-bond donors (Lipinski definition) is 3. The minimum atomic E-state index is -1.54. The monoisotopic (exact) mass is 374 g/mol. The van der Waals surface area contributed by atoms with Crippen molar-refractivity contribution in [3.05, 3.63) is 71.8 Å². The maximum atomic E-state index is 12.4. The topological polar surface area (TPSA) is 105 Å². The van der Waals surface area contributed by atoms with Crippen molar-refractivity contribution in [3.8, 4) is 0 Å². The number of aliphatic hydroxyl groups is 3. The molecule has 1 aliphatic rings. The van der Waals surface area contributed by atoms with Gasteiger partial charge in [0.25, 0.3) is 0 Å². The summed E-state index contributed by atoms with van der Waals surface area (Å²) in [5.74, 6) is -0.675. The normalized spacial score (nSPS) is 27.9. The minimum Gasteiger partial charge on any atom is -0.450 e. The van der Waals surface area contributed by atoms with Gasteiger partial charge in [0, 0.05) is 0 Å². The molecule has 27 heavy (non-hydrogen) atoms. The zero-order valence-electron chi connectivity index (χ0n) is 14.5. The fourth-order valence-electron chi connectivity index (χ4n) is 2.91. The summed E-state index contributed by atoms with van der Waals surface area (Å²) in [6.45, 7) is -0.379. The molecule has 0 aromatic heterocycles. The summed E-state index contributed by atoms with van der Waals surface area (Å²) >= 11 is 0. The van der Waals surface area contributed by atoms with Crippen molar-refractivity contribution < 1.29 is 34.3 Å². The Kier molecular flexibility index (Phi) is 6.54. The van der Waals surface area contributed by atoms with Crippen molar-refractivity contribution in [1.82, 2.24) is 0 Å². The van der Waals surface area contributed by atoms with Crippen molar-refractivity contribution in [2.45, 2.75) is 37.3 Å². The minimum absolute atomic E-state index is 0.132. The van der Waals surface area contributed by atoms with Crippen molar-refractivity contribution in [1.29, 1.82) is 0 Å². The number of aliphatic hydroxyl groups excluding tert-OH is 3. The van der Waals surface area contributed by atoms with Crippen LogP contribution in [0.3, 0.4) is 0 Å². The molecule has 7 nitrogen and oxygen atoms in total. The lowest BCUT2D eigenvalue weighted by molar-refractivity contribution is -0.295. The van der Waals surface area contributed by atoms with E-state index in [1.54, 1.807) is 30.3 Å². The Bertz CT molecular complexity index is 722. The molecule has 3 rings (SSSR count). The van der Waals surface area contributed by atoms with Gasteiger partial charge in [-0.15, -0.1) is 0 Å². The number of ether oxygens (including phenoxy) is 3. The molecular weight excluding hydrogens is 352 g/mol. The van der Waals surface area contributed by atoms with E-state index in [0.717, 1.165) is 5.56 Å². The molecule has 2 aromatic rings. The van der Waals surface area contributed by atoms with E-state index in [-0.39, 0.29) is 6.61 Å². The molecule has 0 spiro atoms. The summed E-state index contributed by atoms with van der Waals surface area (Å²) in [6.07, 6.45) is -6.19. The Morgan fingerprint density at radius 3 is 2.22 bits per heavy atom. The second-order valence-corrected chi connectivity index (χ2v) is 6.24. The first kappa shape index (κ1) is 19.5. The highest BCUT2D eigenvalue weighted by Crippen LogP contribution is 2.26. The molecule has 7 heteroatoms. The zero-order chi connectivity index (χ0) is 19.2. The Labute approximate surface area is 156 Å². The van der Waals surface area contributed by atoms with E-state index in [9.17, 15) is 20.1 Å². The first-order valence-corrected chi connectivity index (χ1v) is 8.64. The predicted molar refractivity (Wildman–Crippen MR) is 94.6 cm³/mol. The summed E-state index contributed by atoms with van der Waals surface area (Å²) in [5, 5.41) is 30.1. The highest BCUT2D eigenvalue weighted by Gasteiger charge is 2.47. The van der Waals surface area contributed by atoms with Gasteiger partial charge in [-0.3, -0.25) is 0 Å². The molecule has 144 valence electrons. The third-order valence-electron chi connectivity index (χ3n) is 4.35. The largest absolute Gasteiger partial charge is 0.450 e. The van der Waals surface area contributed by atoms with Crippen molar-refractivity contribution in [2.75, 3.05) is 6.61 Å². The van der Waals surface area contributed by atoms with Crippen LogP contribution < -0.4 is 0 Å². The number of rotatable bonds is 6. The third kappa shape index (κ3) is 4.71. The van der Waals surface area contributed by atoms with E-state index in [1.165, 1.54) is 0 Å². The van der Waals surface area contributed by atoms with E-state index >= 15 is 0 Å². The number of carbonyl (C=O) groups is 1. The van der Waals surface area contributed by atoms with Crippen LogP contribution in [0.15, 0.2) is 60.7 Å². The van der Waals surface area contributed by atoms with Crippen LogP contribution in [0.5, 0.6) is 0 Å². The van der Waals surface area contributed by atoms with E-state index in [0.29, 0.717) is 5.56 Å². The molecule has 5 atom stereocenters. The summed E-state index contributed by atoms with van der Waals surface area (Å²) in [4.78, 5) is 12.4. The maximum Gasteiger partial charge on any atom is 0.338 e. The molecule has 0 aliphatic carbocycles. The van der Waals surface area contributed by atoms with Crippen LogP contribution in [-0.2, 0) is 20.8 Å². The third-order valence-corrected chi connectivity index (χ3v) is 4.35. The predicted octanol–water partition coefficient (Wildman–Crippen LogP) is 0.868. The quantitative estimate of drug-likeness (QED) is 0.644. The average molecular weight is 374 g/mol. The van der Waals surface area contributed by atoms with Crippen LogP contribution in [0.2, 0.25) is 0 Å². The lowest BCUT2D eigenvalue weighted by Crippen LogP contribution is -2.60. The van der Waals surface area contributed by atoms with E-state index in [4.69, 9.17) is 14.2 Å². The fourth-order valence-corrected chi connectivity index (χ4v) is 2.91. The number of hydrogen-bond acceptors (Lipinski definition) is 7. The van der Waals surface area contributed by atoms with Gasteiger partial charge >= 0.3 is 5.97 Å². The summed E-state index contributed by atoms with van der Waals surface area (Å²) in [5.41, 5.74) is 1.14. The van der Waals surface area contributed by atoms with Crippen LogP contribution in [0.25, 0.3) is 0 Å². The fraction of sp³-hybridized carbons (Fsp3) is 0.350. The zero-order valence-corrected chi connectivity index (χ0v) is 14.5. The summed E-state index contributed by atoms with van der Waals surface area (Å²) < 4.78 is 16.3. The summed E-state index contributed by atoms with van der Waals surface area (Å²) in [7, 11) is 0. The van der Waals surface area contributed by atoms with Gasteiger partial charge < -0.3 is 29.5 Å². The summed E-state index contributed by atoms with van der Waals surface area (Å²) in [6, 6.07) is 17.5. The molecule has 1 aliphatic heterocycles. The number of carbonyl (C=O) groups excluding carboxylic acids is 1. The Balaban J connectivity index is 1.76. The van der Waals surface area contributed by atoms with Gasteiger partial charge in [-0.1, -0.05) is 48.5 Å². The van der Waals surface area contributed by atoms with Gasteiger partial charge in [-0.05, 0) is 17.7 Å². The Hall–Kier alpha value is -2.29. The average Bonchev–Trinajstić information content (AvgIpc) is 2.71. The molecule has 3 N–H and O–H groups in total. The van der Waals surface area contributed by atoms with Gasteiger partial charge in [-0.25, -0.2) is 4.79 Å². The standard InChI is InChI=1S/C20H22O7/c21-11-15-16(22)17(25-12-13-7-3-1-4-8-13)18(20(24)26-15)27-19(23)14-9-5-2-6-10-14/h1-10,15-18,20-22,24H,11-12H2/t15-,16-,17+,18-,20-/m1/s1. The van der Waals surface area contributed by atoms with E-state index in [2.05, 4.69) is 0 Å². The van der Waals surface area contributed by atoms with Crippen molar-refractivity contribution in [2.24, 2.45) is 0 Å². The lowest BCUT2D eigenvalue weighted by atomic mass is 9.98. The molecule has 1 saturated heterocycles. The van der Waals surface area contributed by atoms with Gasteiger partial charge in [0.15, 0.2) is 12.4 Å². The lowest BCUT2D eigenvalue weighted by Gasteiger charge is -2.41. The van der Waals surface area contributed by atoms with Gasteiger partial charge in [0.1, 0.15) is 18.3 Å². The highest BCUT2D eigenvalue weighted by atomic mass is 16.7. The Morgan fingerprint density at radius 1 is 0.963 bits per heavy atom.